The molecule has 3 aromatic rings. The van der Waals surface area contributed by atoms with Gasteiger partial charge in [-0.15, -0.1) is 0 Å². The molecule has 1 N–H and O–H groups in total. The van der Waals surface area contributed by atoms with Gasteiger partial charge in [-0.2, -0.15) is 5.10 Å². The fourth-order valence-corrected chi connectivity index (χ4v) is 2.54. The maximum absolute atomic E-state index is 13.0. The van der Waals surface area contributed by atoms with Gasteiger partial charge in [0, 0.05) is 19.2 Å². The molecular formula is C19H15ClFN3O3. The van der Waals surface area contributed by atoms with E-state index < -0.39 is 5.82 Å². The number of Topliss-reactive ketones (excluding diaryl/α,β-unsaturated/α-hetero) is 1. The van der Waals surface area contributed by atoms with Crippen molar-refractivity contribution in [1.29, 1.82) is 0 Å². The van der Waals surface area contributed by atoms with Crippen molar-refractivity contribution >= 4 is 35.1 Å². The van der Waals surface area contributed by atoms with E-state index in [-0.39, 0.29) is 22.5 Å². The third-order valence-electron chi connectivity index (χ3n) is 3.60. The number of ketones is 1. The summed E-state index contributed by atoms with van der Waals surface area (Å²) in [4.78, 5) is 23.2. The van der Waals surface area contributed by atoms with Gasteiger partial charge in [-0.1, -0.05) is 17.7 Å². The topological polar surface area (TPSA) is 77.1 Å². The molecule has 0 fully saturated rings. The van der Waals surface area contributed by atoms with Gasteiger partial charge in [0.05, 0.1) is 23.5 Å². The minimum atomic E-state index is -0.444. The molecule has 8 heteroatoms. The van der Waals surface area contributed by atoms with E-state index >= 15 is 0 Å². The van der Waals surface area contributed by atoms with E-state index in [2.05, 4.69) is 10.4 Å². The van der Waals surface area contributed by atoms with Gasteiger partial charge in [0.2, 0.25) is 5.91 Å². The maximum atomic E-state index is 13.0. The van der Waals surface area contributed by atoms with Gasteiger partial charge >= 0.3 is 0 Å². The number of furan rings is 1. The van der Waals surface area contributed by atoms with Crippen LogP contribution in [-0.4, -0.2) is 21.5 Å². The molecule has 2 heterocycles. The van der Waals surface area contributed by atoms with Gasteiger partial charge in [-0.3, -0.25) is 14.3 Å². The van der Waals surface area contributed by atoms with Crippen LogP contribution in [-0.2, 0) is 11.3 Å². The number of amides is 1. The molecule has 0 radical (unpaired) electrons. The quantitative estimate of drug-likeness (QED) is 0.508. The van der Waals surface area contributed by atoms with Crippen molar-refractivity contribution < 1.29 is 18.4 Å². The summed E-state index contributed by atoms with van der Waals surface area (Å²) in [5, 5.41) is 7.01. The van der Waals surface area contributed by atoms with Crippen LogP contribution in [0.15, 0.2) is 53.2 Å². The lowest BCUT2D eigenvalue weighted by Crippen LogP contribution is -2.07. The Morgan fingerprint density at radius 2 is 2.15 bits per heavy atom. The number of hydrogen-bond acceptors (Lipinski definition) is 4. The Hall–Kier alpha value is -3.19. The molecule has 6 nitrogen and oxygen atoms in total. The Kier molecular flexibility index (Phi) is 5.52. The summed E-state index contributed by atoms with van der Waals surface area (Å²) in [6.45, 7) is 1.75. The number of nitrogens with one attached hydrogen (secondary N) is 1. The molecular weight excluding hydrogens is 373 g/mol. The summed E-state index contributed by atoms with van der Waals surface area (Å²) >= 11 is 5.91. The fraction of sp³-hybridized carbons (Fsp3) is 0.105. The van der Waals surface area contributed by atoms with Crippen LogP contribution < -0.4 is 5.32 Å². The zero-order valence-corrected chi connectivity index (χ0v) is 15.0. The summed E-state index contributed by atoms with van der Waals surface area (Å²) in [7, 11) is 0. The average molecular weight is 388 g/mol. The molecule has 1 amide bonds. The van der Waals surface area contributed by atoms with Crippen molar-refractivity contribution in [3.63, 3.8) is 0 Å². The average Bonchev–Trinajstić information content (AvgIpc) is 3.24. The van der Waals surface area contributed by atoms with E-state index in [1.54, 1.807) is 23.0 Å². The predicted molar refractivity (Wildman–Crippen MR) is 99.1 cm³/mol. The van der Waals surface area contributed by atoms with Crippen LogP contribution in [0.4, 0.5) is 10.1 Å². The first-order chi connectivity index (χ1) is 12.9. The van der Waals surface area contributed by atoms with Crippen LogP contribution in [0.25, 0.3) is 6.08 Å². The van der Waals surface area contributed by atoms with E-state index in [1.807, 2.05) is 0 Å². The Morgan fingerprint density at radius 3 is 2.85 bits per heavy atom. The lowest BCUT2D eigenvalue weighted by atomic mass is 10.2. The largest absolute Gasteiger partial charge is 0.456 e. The molecule has 3 rings (SSSR count). The number of halogens is 2. The van der Waals surface area contributed by atoms with Gasteiger partial charge in [-0.05, 0) is 35.9 Å². The molecule has 0 aliphatic heterocycles. The summed E-state index contributed by atoms with van der Waals surface area (Å²) in [6, 6.07) is 7.23. The number of nitrogens with zero attached hydrogens (tertiary/aromatic N) is 2. The number of hydrogen-bond donors (Lipinski definition) is 1. The third kappa shape index (κ3) is 4.92. The van der Waals surface area contributed by atoms with Crippen molar-refractivity contribution in [2.45, 2.75) is 13.5 Å². The molecule has 0 aliphatic carbocycles. The normalized spacial score (nSPS) is 11.1. The number of anilines is 1. The van der Waals surface area contributed by atoms with E-state index in [1.165, 1.54) is 43.5 Å². The second kappa shape index (κ2) is 8.01. The molecule has 0 aliphatic rings. The fourth-order valence-electron chi connectivity index (χ4n) is 2.31. The van der Waals surface area contributed by atoms with Gasteiger partial charge in [0.25, 0.3) is 0 Å². The molecule has 2 aromatic heterocycles. The standard InChI is InChI=1S/C19H15ClFN3O3/c1-12(25)18-6-5-16(27-18)11-24-10-15(9-22-24)23-19(26)7-3-13-2-4-14(21)8-17(13)20/h2-10H,11H2,1H3,(H,23,26)/b7-3+. The van der Waals surface area contributed by atoms with Gasteiger partial charge in [0.15, 0.2) is 11.5 Å². The maximum Gasteiger partial charge on any atom is 0.248 e. The van der Waals surface area contributed by atoms with Crippen molar-refractivity contribution in [1.82, 2.24) is 9.78 Å². The third-order valence-corrected chi connectivity index (χ3v) is 3.93. The smallest absolute Gasteiger partial charge is 0.248 e. The molecule has 0 atom stereocenters. The molecule has 0 spiro atoms. The van der Waals surface area contributed by atoms with E-state index in [9.17, 15) is 14.0 Å². The lowest BCUT2D eigenvalue weighted by molar-refractivity contribution is -0.111. The zero-order valence-electron chi connectivity index (χ0n) is 14.3. The summed E-state index contributed by atoms with van der Waals surface area (Å²) in [6.07, 6.45) is 5.91. The monoisotopic (exact) mass is 387 g/mol. The first-order valence-corrected chi connectivity index (χ1v) is 8.35. The van der Waals surface area contributed by atoms with Crippen LogP contribution in [0.1, 0.15) is 28.8 Å². The predicted octanol–water partition coefficient (Wildman–Crippen LogP) is 4.17. The highest BCUT2D eigenvalue weighted by Gasteiger charge is 2.08. The van der Waals surface area contributed by atoms with Crippen LogP contribution in [0.3, 0.4) is 0 Å². The van der Waals surface area contributed by atoms with E-state index in [4.69, 9.17) is 16.0 Å². The first kappa shape index (κ1) is 18.6. The van der Waals surface area contributed by atoms with Crippen molar-refractivity contribution in [2.24, 2.45) is 0 Å². The highest BCUT2D eigenvalue weighted by molar-refractivity contribution is 6.32. The summed E-state index contributed by atoms with van der Waals surface area (Å²) in [5.74, 6) is -0.113. The van der Waals surface area contributed by atoms with Gasteiger partial charge in [0.1, 0.15) is 11.6 Å². The van der Waals surface area contributed by atoms with Gasteiger partial charge in [-0.25, -0.2) is 4.39 Å². The lowest BCUT2D eigenvalue weighted by Gasteiger charge is -2.00. The second-order valence-corrected chi connectivity index (χ2v) is 6.14. The molecule has 0 bridgehead atoms. The van der Waals surface area contributed by atoms with E-state index in [0.717, 1.165) is 0 Å². The molecule has 0 unspecified atom stereocenters. The van der Waals surface area contributed by atoms with Crippen LogP contribution in [0, 0.1) is 5.82 Å². The minimum absolute atomic E-state index is 0.150. The minimum Gasteiger partial charge on any atom is -0.456 e. The highest BCUT2D eigenvalue weighted by atomic mass is 35.5. The first-order valence-electron chi connectivity index (χ1n) is 7.97. The Bertz CT molecular complexity index is 1020. The van der Waals surface area contributed by atoms with Crippen molar-refractivity contribution in [3.8, 4) is 0 Å². The van der Waals surface area contributed by atoms with Crippen LogP contribution in [0.2, 0.25) is 5.02 Å². The van der Waals surface area contributed by atoms with Crippen molar-refractivity contribution in [2.75, 3.05) is 5.32 Å². The van der Waals surface area contributed by atoms with Crippen LogP contribution >= 0.6 is 11.6 Å². The molecule has 1 aromatic carbocycles. The number of rotatable bonds is 6. The Morgan fingerprint density at radius 1 is 1.33 bits per heavy atom. The second-order valence-electron chi connectivity index (χ2n) is 5.74. The Labute approximate surface area is 159 Å². The SMILES string of the molecule is CC(=O)c1ccc(Cn2cc(NC(=O)/C=C/c3ccc(F)cc3Cl)cn2)o1. The molecule has 27 heavy (non-hydrogen) atoms. The molecule has 0 saturated carbocycles. The highest BCUT2D eigenvalue weighted by Crippen LogP contribution is 2.18. The summed E-state index contributed by atoms with van der Waals surface area (Å²) < 4.78 is 20.0. The van der Waals surface area contributed by atoms with Crippen molar-refractivity contribution in [3.05, 3.63) is 76.7 Å². The number of carbonyl (C=O) groups is 2. The Balaban J connectivity index is 1.60. The zero-order chi connectivity index (χ0) is 19.4. The van der Waals surface area contributed by atoms with E-state index in [0.29, 0.717) is 23.6 Å². The number of aromatic nitrogens is 2. The van der Waals surface area contributed by atoms with Gasteiger partial charge < -0.3 is 9.73 Å². The molecule has 0 saturated heterocycles. The number of carbonyl (C=O) groups excluding carboxylic acids is 2. The summed E-state index contributed by atoms with van der Waals surface area (Å²) in [5.41, 5.74) is 1.02. The number of benzene rings is 1. The molecule has 138 valence electrons. The van der Waals surface area contributed by atoms with Crippen LogP contribution in [0.5, 0.6) is 0 Å².